The van der Waals surface area contributed by atoms with E-state index in [1.165, 1.54) is 6.33 Å². The summed E-state index contributed by atoms with van der Waals surface area (Å²) in [5.41, 5.74) is 0.999. The first-order valence-electron chi connectivity index (χ1n) is 6.01. The predicted octanol–water partition coefficient (Wildman–Crippen LogP) is -0.179. The largest absolute Gasteiger partial charge is 0.355 e. The fraction of sp³-hybridized carbons (Fsp3) is 0.636. The average Bonchev–Trinajstić information content (AvgIpc) is 2.52. The Morgan fingerprint density at radius 1 is 1.39 bits per heavy atom. The molecule has 6 nitrogen and oxygen atoms in total. The maximum Gasteiger partial charge on any atom is 0.152 e. The summed E-state index contributed by atoms with van der Waals surface area (Å²) in [6, 6.07) is 0. The number of hydrogen-bond donors (Lipinski definition) is 1. The van der Waals surface area contributed by atoms with E-state index in [0.29, 0.717) is 19.5 Å². The van der Waals surface area contributed by atoms with Gasteiger partial charge in [0.25, 0.3) is 0 Å². The van der Waals surface area contributed by atoms with Crippen LogP contribution in [0.3, 0.4) is 0 Å². The van der Waals surface area contributed by atoms with E-state index in [0.717, 1.165) is 17.9 Å². The fourth-order valence-corrected chi connectivity index (χ4v) is 3.37. The molecule has 2 heterocycles. The van der Waals surface area contributed by atoms with Crippen LogP contribution in [-0.4, -0.2) is 50.0 Å². The molecular formula is C11H18N4O2S. The highest BCUT2D eigenvalue weighted by Gasteiger charge is 2.21. The standard InChI is InChI=1S/C11H18N4O2S/c1-12-7-10-8-13-9-14-11(10)15-3-2-5-18(16,17)6-4-15/h8-9,12H,2-7H2,1H3. The van der Waals surface area contributed by atoms with Gasteiger partial charge in [-0.05, 0) is 13.5 Å². The first-order valence-corrected chi connectivity index (χ1v) is 7.83. The molecule has 0 aliphatic carbocycles. The fourth-order valence-electron chi connectivity index (χ4n) is 2.10. The summed E-state index contributed by atoms with van der Waals surface area (Å²) in [6.07, 6.45) is 3.94. The smallest absolute Gasteiger partial charge is 0.152 e. The lowest BCUT2D eigenvalue weighted by molar-refractivity contribution is 0.597. The van der Waals surface area contributed by atoms with Gasteiger partial charge in [-0.3, -0.25) is 0 Å². The number of rotatable bonds is 3. The molecule has 1 aliphatic heterocycles. The molecule has 0 amide bonds. The van der Waals surface area contributed by atoms with E-state index in [1.54, 1.807) is 6.20 Å². The Hall–Kier alpha value is -1.21. The first-order chi connectivity index (χ1) is 8.62. The minimum absolute atomic E-state index is 0.204. The van der Waals surface area contributed by atoms with Gasteiger partial charge in [0.15, 0.2) is 9.84 Å². The molecule has 0 bridgehead atoms. The second kappa shape index (κ2) is 5.62. The third kappa shape index (κ3) is 3.17. The van der Waals surface area contributed by atoms with Gasteiger partial charge >= 0.3 is 0 Å². The molecule has 0 radical (unpaired) electrons. The van der Waals surface area contributed by atoms with Crippen LogP contribution in [0, 0.1) is 0 Å². The summed E-state index contributed by atoms with van der Waals surface area (Å²) in [5.74, 6) is 1.32. The molecule has 1 aromatic heterocycles. The van der Waals surface area contributed by atoms with Crippen LogP contribution in [0.25, 0.3) is 0 Å². The molecule has 1 N–H and O–H groups in total. The Morgan fingerprint density at radius 3 is 3.00 bits per heavy atom. The number of hydrogen-bond acceptors (Lipinski definition) is 6. The molecule has 0 atom stereocenters. The van der Waals surface area contributed by atoms with Crippen LogP contribution in [0.5, 0.6) is 0 Å². The van der Waals surface area contributed by atoms with Crippen molar-refractivity contribution in [1.82, 2.24) is 15.3 Å². The van der Waals surface area contributed by atoms with Gasteiger partial charge in [-0.25, -0.2) is 18.4 Å². The van der Waals surface area contributed by atoms with Crippen molar-refractivity contribution in [3.63, 3.8) is 0 Å². The second-order valence-electron chi connectivity index (χ2n) is 4.39. The minimum atomic E-state index is -2.89. The van der Waals surface area contributed by atoms with Crippen molar-refractivity contribution in [3.05, 3.63) is 18.1 Å². The van der Waals surface area contributed by atoms with Crippen molar-refractivity contribution < 1.29 is 8.42 Å². The molecule has 18 heavy (non-hydrogen) atoms. The zero-order chi connectivity index (χ0) is 13.0. The normalized spacial score (nSPS) is 19.5. The highest BCUT2D eigenvalue weighted by Crippen LogP contribution is 2.18. The zero-order valence-electron chi connectivity index (χ0n) is 10.5. The molecule has 0 spiro atoms. The number of sulfone groups is 1. The minimum Gasteiger partial charge on any atom is -0.355 e. The van der Waals surface area contributed by atoms with Crippen molar-refractivity contribution in [2.45, 2.75) is 13.0 Å². The third-order valence-electron chi connectivity index (χ3n) is 2.99. The van der Waals surface area contributed by atoms with Crippen molar-refractivity contribution >= 4 is 15.7 Å². The van der Waals surface area contributed by atoms with Gasteiger partial charge in [0, 0.05) is 31.4 Å². The molecule has 0 saturated carbocycles. The van der Waals surface area contributed by atoms with Gasteiger partial charge in [-0.1, -0.05) is 0 Å². The Kier molecular flexibility index (Phi) is 4.13. The van der Waals surface area contributed by atoms with E-state index in [4.69, 9.17) is 0 Å². The number of anilines is 1. The number of aromatic nitrogens is 2. The number of nitrogens with zero attached hydrogens (tertiary/aromatic N) is 3. The van der Waals surface area contributed by atoms with Crippen molar-refractivity contribution in [1.29, 1.82) is 0 Å². The summed E-state index contributed by atoms with van der Waals surface area (Å²) < 4.78 is 23.2. The quantitative estimate of drug-likeness (QED) is 0.821. The molecule has 2 rings (SSSR count). The first kappa shape index (κ1) is 13.2. The van der Waals surface area contributed by atoms with Gasteiger partial charge in [0.05, 0.1) is 11.5 Å². The molecule has 1 aliphatic rings. The van der Waals surface area contributed by atoms with E-state index in [9.17, 15) is 8.42 Å². The highest BCUT2D eigenvalue weighted by atomic mass is 32.2. The van der Waals surface area contributed by atoms with Crippen LogP contribution in [0.4, 0.5) is 5.82 Å². The Bertz CT molecular complexity index is 504. The molecule has 7 heteroatoms. The van der Waals surface area contributed by atoms with Crippen LogP contribution in [0.1, 0.15) is 12.0 Å². The third-order valence-corrected chi connectivity index (χ3v) is 4.70. The lowest BCUT2D eigenvalue weighted by Crippen LogP contribution is -2.29. The van der Waals surface area contributed by atoms with Gasteiger partial charge in [0.2, 0.25) is 0 Å². The van der Waals surface area contributed by atoms with E-state index in [2.05, 4.69) is 15.3 Å². The van der Waals surface area contributed by atoms with Gasteiger partial charge < -0.3 is 10.2 Å². The average molecular weight is 270 g/mol. The molecular weight excluding hydrogens is 252 g/mol. The molecule has 0 aromatic carbocycles. The molecule has 0 unspecified atom stereocenters. The van der Waals surface area contributed by atoms with Gasteiger partial charge in [0.1, 0.15) is 12.1 Å². The summed E-state index contributed by atoms with van der Waals surface area (Å²) in [6.45, 7) is 1.92. The molecule has 1 fully saturated rings. The second-order valence-corrected chi connectivity index (χ2v) is 6.70. The lowest BCUT2D eigenvalue weighted by Gasteiger charge is -2.23. The van der Waals surface area contributed by atoms with Crippen molar-refractivity contribution in [2.24, 2.45) is 0 Å². The van der Waals surface area contributed by atoms with Crippen LogP contribution in [0.15, 0.2) is 12.5 Å². The summed E-state index contributed by atoms with van der Waals surface area (Å²) >= 11 is 0. The van der Waals surface area contributed by atoms with E-state index in [1.807, 2.05) is 11.9 Å². The Morgan fingerprint density at radius 2 is 2.22 bits per heavy atom. The summed E-state index contributed by atoms with van der Waals surface area (Å²) in [7, 11) is -1.02. The van der Waals surface area contributed by atoms with Crippen LogP contribution >= 0.6 is 0 Å². The number of nitrogens with one attached hydrogen (secondary N) is 1. The maximum absolute atomic E-state index is 11.6. The van der Waals surface area contributed by atoms with Crippen molar-refractivity contribution in [2.75, 3.05) is 36.5 Å². The molecule has 1 aromatic rings. The van der Waals surface area contributed by atoms with Crippen molar-refractivity contribution in [3.8, 4) is 0 Å². The van der Waals surface area contributed by atoms with E-state index < -0.39 is 9.84 Å². The Labute approximate surface area is 107 Å². The van der Waals surface area contributed by atoms with Crippen LogP contribution < -0.4 is 10.2 Å². The Balaban J connectivity index is 2.20. The highest BCUT2D eigenvalue weighted by molar-refractivity contribution is 7.91. The van der Waals surface area contributed by atoms with E-state index in [-0.39, 0.29) is 11.5 Å². The zero-order valence-corrected chi connectivity index (χ0v) is 11.3. The monoisotopic (exact) mass is 270 g/mol. The van der Waals surface area contributed by atoms with Crippen LogP contribution in [-0.2, 0) is 16.4 Å². The predicted molar refractivity (Wildman–Crippen MR) is 70.3 cm³/mol. The summed E-state index contributed by atoms with van der Waals surface area (Å²) in [5, 5.41) is 3.07. The molecule has 100 valence electrons. The lowest BCUT2D eigenvalue weighted by atomic mass is 10.2. The van der Waals surface area contributed by atoms with Gasteiger partial charge in [-0.2, -0.15) is 0 Å². The maximum atomic E-state index is 11.6. The van der Waals surface area contributed by atoms with Gasteiger partial charge in [-0.15, -0.1) is 0 Å². The topological polar surface area (TPSA) is 75.2 Å². The van der Waals surface area contributed by atoms with Crippen LogP contribution in [0.2, 0.25) is 0 Å². The SMILES string of the molecule is CNCc1cncnc1N1CCCS(=O)(=O)CC1. The van der Waals surface area contributed by atoms with E-state index >= 15 is 0 Å². The molecule has 1 saturated heterocycles. The summed E-state index contributed by atoms with van der Waals surface area (Å²) in [4.78, 5) is 10.3.